The molecule has 1 aliphatic heterocycles. The number of esters is 1. The van der Waals surface area contributed by atoms with E-state index >= 15 is 0 Å². The molecule has 1 heterocycles. The standard InChI is InChI=1S/C13H15NO6S/c1-21(17,18)20-11-7-10(14-12(11)15)13(16)19-8-9-5-3-2-4-6-9/h2-6,10-11H,7-8H2,1H3,(H,14,15)/t10-,11+/m0/s1. The van der Waals surface area contributed by atoms with Crippen molar-refractivity contribution < 1.29 is 26.9 Å². The minimum atomic E-state index is -3.76. The van der Waals surface area contributed by atoms with Crippen LogP contribution in [0.15, 0.2) is 30.3 Å². The predicted octanol–water partition coefficient (Wildman–Crippen LogP) is -0.0369. The second kappa shape index (κ2) is 6.23. The van der Waals surface area contributed by atoms with E-state index in [1.165, 1.54) is 0 Å². The molecule has 2 rings (SSSR count). The van der Waals surface area contributed by atoms with Gasteiger partial charge in [0.25, 0.3) is 16.0 Å². The fraction of sp³-hybridized carbons (Fsp3) is 0.385. The fourth-order valence-corrected chi connectivity index (χ4v) is 2.51. The van der Waals surface area contributed by atoms with Gasteiger partial charge in [0.1, 0.15) is 12.6 Å². The summed E-state index contributed by atoms with van der Waals surface area (Å²) >= 11 is 0. The SMILES string of the molecule is CS(=O)(=O)O[C@@H]1C[C@@H](C(=O)OCc2ccccc2)NC1=O. The first-order valence-electron chi connectivity index (χ1n) is 6.24. The van der Waals surface area contributed by atoms with E-state index in [9.17, 15) is 18.0 Å². The fourth-order valence-electron chi connectivity index (χ4n) is 1.92. The molecule has 1 fully saturated rings. The second-order valence-corrected chi connectivity index (χ2v) is 6.28. The van der Waals surface area contributed by atoms with E-state index in [-0.39, 0.29) is 13.0 Å². The van der Waals surface area contributed by atoms with Crippen LogP contribution in [-0.4, -0.2) is 38.7 Å². The third-order valence-electron chi connectivity index (χ3n) is 2.86. The molecule has 1 aliphatic rings. The Balaban J connectivity index is 1.88. The normalized spacial score (nSPS) is 21.9. The maximum Gasteiger partial charge on any atom is 0.329 e. The first kappa shape index (κ1) is 15.5. The zero-order valence-electron chi connectivity index (χ0n) is 11.3. The van der Waals surface area contributed by atoms with Gasteiger partial charge in [-0.05, 0) is 5.56 Å². The first-order valence-corrected chi connectivity index (χ1v) is 8.06. The van der Waals surface area contributed by atoms with E-state index in [0.717, 1.165) is 11.8 Å². The lowest BCUT2D eigenvalue weighted by Crippen LogP contribution is -2.35. The molecule has 2 atom stereocenters. The molecular weight excluding hydrogens is 298 g/mol. The molecule has 21 heavy (non-hydrogen) atoms. The quantitative estimate of drug-likeness (QED) is 0.605. The van der Waals surface area contributed by atoms with Crippen molar-refractivity contribution in [3.05, 3.63) is 35.9 Å². The topological polar surface area (TPSA) is 98.8 Å². The molecular formula is C13H15NO6S. The van der Waals surface area contributed by atoms with Crippen LogP contribution >= 0.6 is 0 Å². The summed E-state index contributed by atoms with van der Waals surface area (Å²) in [4.78, 5) is 23.4. The zero-order chi connectivity index (χ0) is 15.5. The molecule has 114 valence electrons. The zero-order valence-corrected chi connectivity index (χ0v) is 12.1. The summed E-state index contributed by atoms with van der Waals surface area (Å²) in [6.07, 6.45) is -0.407. The van der Waals surface area contributed by atoms with Gasteiger partial charge in [-0.3, -0.25) is 8.98 Å². The Labute approximate surface area is 122 Å². The molecule has 0 spiro atoms. The second-order valence-electron chi connectivity index (χ2n) is 4.68. The van der Waals surface area contributed by atoms with Gasteiger partial charge in [0, 0.05) is 6.42 Å². The summed E-state index contributed by atoms with van der Waals surface area (Å²) in [6, 6.07) is 8.18. The number of hydrogen-bond donors (Lipinski definition) is 1. The van der Waals surface area contributed by atoms with Crippen LogP contribution in [0.1, 0.15) is 12.0 Å². The van der Waals surface area contributed by atoms with Crippen LogP contribution in [0.25, 0.3) is 0 Å². The average molecular weight is 313 g/mol. The van der Waals surface area contributed by atoms with Crippen LogP contribution in [0, 0.1) is 0 Å². The van der Waals surface area contributed by atoms with E-state index in [1.54, 1.807) is 12.1 Å². The van der Waals surface area contributed by atoms with Gasteiger partial charge in [0.05, 0.1) is 6.26 Å². The van der Waals surface area contributed by atoms with Gasteiger partial charge in [-0.15, -0.1) is 0 Å². The van der Waals surface area contributed by atoms with E-state index in [4.69, 9.17) is 4.74 Å². The first-order chi connectivity index (χ1) is 9.85. The lowest BCUT2D eigenvalue weighted by atomic mass is 10.2. The van der Waals surface area contributed by atoms with Gasteiger partial charge < -0.3 is 10.1 Å². The number of benzene rings is 1. The largest absolute Gasteiger partial charge is 0.459 e. The Bertz CT molecular complexity index is 627. The summed E-state index contributed by atoms with van der Waals surface area (Å²) in [5.74, 6) is -1.26. The third-order valence-corrected chi connectivity index (χ3v) is 3.44. The highest BCUT2D eigenvalue weighted by atomic mass is 32.2. The maximum atomic E-state index is 11.8. The number of carbonyl (C=O) groups excluding carboxylic acids is 2. The lowest BCUT2D eigenvalue weighted by molar-refractivity contribution is -0.147. The predicted molar refractivity (Wildman–Crippen MR) is 72.5 cm³/mol. The van der Waals surface area contributed by atoms with Gasteiger partial charge >= 0.3 is 5.97 Å². The molecule has 0 unspecified atom stereocenters. The molecule has 1 amide bonds. The van der Waals surface area contributed by atoms with Crippen LogP contribution in [0.3, 0.4) is 0 Å². The third kappa shape index (κ3) is 4.54. The molecule has 8 heteroatoms. The van der Waals surface area contributed by atoms with Crippen molar-refractivity contribution in [3.63, 3.8) is 0 Å². The van der Waals surface area contributed by atoms with Crippen LogP contribution in [0.5, 0.6) is 0 Å². The number of nitrogens with one attached hydrogen (secondary N) is 1. The van der Waals surface area contributed by atoms with Crippen molar-refractivity contribution in [1.82, 2.24) is 5.32 Å². The van der Waals surface area contributed by atoms with Crippen LogP contribution in [0.2, 0.25) is 0 Å². The highest BCUT2D eigenvalue weighted by molar-refractivity contribution is 7.86. The summed E-state index contributed by atoms with van der Waals surface area (Å²) in [6.45, 7) is 0.0869. The Kier molecular flexibility index (Phi) is 4.59. The molecule has 1 saturated heterocycles. The molecule has 7 nitrogen and oxygen atoms in total. The Morgan fingerprint density at radius 2 is 2.00 bits per heavy atom. The van der Waals surface area contributed by atoms with Crippen LogP contribution in [-0.2, 0) is 35.2 Å². The Morgan fingerprint density at radius 1 is 1.33 bits per heavy atom. The lowest BCUT2D eigenvalue weighted by Gasteiger charge is -2.10. The molecule has 1 aromatic carbocycles. The number of amides is 1. The smallest absolute Gasteiger partial charge is 0.329 e. The molecule has 0 aliphatic carbocycles. The Hall–Kier alpha value is -1.93. The van der Waals surface area contributed by atoms with Crippen molar-refractivity contribution >= 4 is 22.0 Å². The van der Waals surface area contributed by atoms with Crippen LogP contribution < -0.4 is 5.32 Å². The van der Waals surface area contributed by atoms with Crippen LogP contribution in [0.4, 0.5) is 0 Å². The minimum Gasteiger partial charge on any atom is -0.459 e. The summed E-state index contributed by atoms with van der Waals surface area (Å²) < 4.78 is 31.7. The summed E-state index contributed by atoms with van der Waals surface area (Å²) in [5, 5.41) is 2.36. The molecule has 0 aromatic heterocycles. The van der Waals surface area contributed by atoms with Crippen molar-refractivity contribution in [2.45, 2.75) is 25.2 Å². The number of ether oxygens (including phenoxy) is 1. The van der Waals surface area contributed by atoms with Gasteiger partial charge in [0.2, 0.25) is 0 Å². The molecule has 1 aromatic rings. The van der Waals surface area contributed by atoms with E-state index < -0.39 is 34.1 Å². The maximum absolute atomic E-state index is 11.8. The van der Waals surface area contributed by atoms with Gasteiger partial charge in [-0.1, -0.05) is 30.3 Å². The van der Waals surface area contributed by atoms with E-state index in [2.05, 4.69) is 9.50 Å². The summed E-state index contributed by atoms with van der Waals surface area (Å²) in [5.41, 5.74) is 0.819. The number of carbonyl (C=O) groups is 2. The molecule has 0 bridgehead atoms. The average Bonchev–Trinajstić information content (AvgIpc) is 2.77. The van der Waals surface area contributed by atoms with Crippen molar-refractivity contribution in [1.29, 1.82) is 0 Å². The molecule has 0 radical (unpaired) electrons. The minimum absolute atomic E-state index is 0.0699. The molecule has 1 N–H and O–H groups in total. The van der Waals surface area contributed by atoms with Gasteiger partial charge in [-0.2, -0.15) is 8.42 Å². The van der Waals surface area contributed by atoms with Crippen molar-refractivity contribution in [2.75, 3.05) is 6.26 Å². The van der Waals surface area contributed by atoms with E-state index in [1.807, 2.05) is 18.2 Å². The monoisotopic (exact) mass is 313 g/mol. The van der Waals surface area contributed by atoms with Crippen molar-refractivity contribution in [2.24, 2.45) is 0 Å². The highest BCUT2D eigenvalue weighted by Crippen LogP contribution is 2.15. The summed E-state index contributed by atoms with van der Waals surface area (Å²) in [7, 11) is -3.76. The molecule has 0 saturated carbocycles. The number of rotatable bonds is 5. The Morgan fingerprint density at radius 3 is 2.62 bits per heavy atom. The van der Waals surface area contributed by atoms with Crippen molar-refractivity contribution in [3.8, 4) is 0 Å². The van der Waals surface area contributed by atoms with Gasteiger partial charge in [0.15, 0.2) is 6.10 Å². The number of hydrogen-bond acceptors (Lipinski definition) is 6. The highest BCUT2D eigenvalue weighted by Gasteiger charge is 2.39. The van der Waals surface area contributed by atoms with E-state index in [0.29, 0.717) is 0 Å². The van der Waals surface area contributed by atoms with Gasteiger partial charge in [-0.25, -0.2) is 4.79 Å².